The molecule has 2 atom stereocenters. The van der Waals surface area contributed by atoms with E-state index in [4.69, 9.17) is 19.3 Å². The van der Waals surface area contributed by atoms with Gasteiger partial charge in [0.2, 0.25) is 0 Å². The zero-order valence-corrected chi connectivity index (χ0v) is 13.4. The van der Waals surface area contributed by atoms with Crippen LogP contribution in [0.4, 0.5) is 0 Å². The molecule has 0 radical (unpaired) electrons. The van der Waals surface area contributed by atoms with Crippen molar-refractivity contribution in [1.82, 2.24) is 0 Å². The molecule has 1 saturated heterocycles. The molecule has 1 fully saturated rings. The molecule has 2 unspecified atom stereocenters. The summed E-state index contributed by atoms with van der Waals surface area (Å²) in [5.41, 5.74) is 2.37. The first-order chi connectivity index (χ1) is 11.7. The molecule has 3 rings (SSSR count). The smallest absolute Gasteiger partial charge is 0.119 e. The molecule has 2 aromatic rings. The van der Waals surface area contributed by atoms with Crippen molar-refractivity contribution in [2.24, 2.45) is 0 Å². The fourth-order valence-corrected chi connectivity index (χ4v) is 2.24. The lowest BCUT2D eigenvalue weighted by molar-refractivity contribution is 0.0536. The van der Waals surface area contributed by atoms with Crippen molar-refractivity contribution in [3.05, 3.63) is 59.7 Å². The molecule has 0 aliphatic carbocycles. The molecule has 0 spiro atoms. The predicted molar refractivity (Wildman–Crippen MR) is 89.5 cm³/mol. The first-order valence-corrected chi connectivity index (χ1v) is 8.07. The summed E-state index contributed by atoms with van der Waals surface area (Å²) in [7, 11) is 0. The number of hydrogen-bond donors (Lipinski definition) is 2. The molecule has 1 aliphatic rings. The summed E-state index contributed by atoms with van der Waals surface area (Å²) in [5.74, 6) is 1.54. The number of aliphatic hydroxyl groups is 2. The molecule has 1 aliphatic heterocycles. The van der Waals surface area contributed by atoms with Crippen molar-refractivity contribution >= 4 is 0 Å². The minimum Gasteiger partial charge on any atom is -0.491 e. The van der Waals surface area contributed by atoms with Crippen LogP contribution in [0.1, 0.15) is 11.1 Å². The Balaban J connectivity index is 1.49. The summed E-state index contributed by atoms with van der Waals surface area (Å²) in [5, 5.41) is 18.0. The SMILES string of the molecule is OCC(O)COc1ccc(Cc2ccc(OCC3CO3)cc2)cc1. The van der Waals surface area contributed by atoms with Crippen LogP contribution in [0.25, 0.3) is 0 Å². The van der Waals surface area contributed by atoms with Crippen LogP contribution in [0.2, 0.25) is 0 Å². The zero-order valence-electron chi connectivity index (χ0n) is 13.4. The predicted octanol–water partition coefficient (Wildman–Crippen LogP) is 1.79. The minimum absolute atomic E-state index is 0.0865. The third-order valence-electron chi connectivity index (χ3n) is 3.75. The molecule has 0 saturated carbocycles. The lowest BCUT2D eigenvalue weighted by Gasteiger charge is -2.10. The third-order valence-corrected chi connectivity index (χ3v) is 3.75. The lowest BCUT2D eigenvalue weighted by Crippen LogP contribution is -2.21. The van der Waals surface area contributed by atoms with Gasteiger partial charge in [-0.2, -0.15) is 0 Å². The molecule has 128 valence electrons. The van der Waals surface area contributed by atoms with Gasteiger partial charge in [-0.15, -0.1) is 0 Å². The average Bonchev–Trinajstić information content (AvgIpc) is 3.45. The largest absolute Gasteiger partial charge is 0.491 e. The summed E-state index contributed by atoms with van der Waals surface area (Å²) in [6.07, 6.45) is 0.242. The Morgan fingerprint density at radius 2 is 1.50 bits per heavy atom. The number of ether oxygens (including phenoxy) is 3. The fraction of sp³-hybridized carbons (Fsp3) is 0.368. The van der Waals surface area contributed by atoms with E-state index in [-0.39, 0.29) is 19.3 Å². The van der Waals surface area contributed by atoms with E-state index in [1.165, 1.54) is 11.1 Å². The Kier molecular flexibility index (Phi) is 5.69. The van der Waals surface area contributed by atoms with E-state index in [0.29, 0.717) is 12.4 Å². The summed E-state index contributed by atoms with van der Waals surface area (Å²) in [6, 6.07) is 15.8. The Morgan fingerprint density at radius 3 is 2.00 bits per heavy atom. The maximum atomic E-state index is 9.27. The van der Waals surface area contributed by atoms with Gasteiger partial charge in [-0.05, 0) is 41.8 Å². The monoisotopic (exact) mass is 330 g/mol. The van der Waals surface area contributed by atoms with Crippen LogP contribution in [0.15, 0.2) is 48.5 Å². The van der Waals surface area contributed by atoms with Gasteiger partial charge in [-0.3, -0.25) is 0 Å². The van der Waals surface area contributed by atoms with Crippen LogP contribution in [-0.4, -0.2) is 48.8 Å². The van der Waals surface area contributed by atoms with Gasteiger partial charge in [0.15, 0.2) is 0 Å². The first kappa shape index (κ1) is 16.8. The van der Waals surface area contributed by atoms with Crippen LogP contribution in [0, 0.1) is 0 Å². The number of hydrogen-bond acceptors (Lipinski definition) is 5. The maximum absolute atomic E-state index is 9.27. The maximum Gasteiger partial charge on any atom is 0.119 e. The third kappa shape index (κ3) is 5.23. The van der Waals surface area contributed by atoms with E-state index in [1.54, 1.807) is 0 Å². The molecule has 1 heterocycles. The second kappa shape index (κ2) is 8.15. The van der Waals surface area contributed by atoms with Crippen molar-refractivity contribution in [2.45, 2.75) is 18.6 Å². The highest BCUT2D eigenvalue weighted by Gasteiger charge is 2.22. The number of aliphatic hydroxyl groups excluding tert-OH is 2. The van der Waals surface area contributed by atoms with Crippen molar-refractivity contribution in [2.75, 3.05) is 26.4 Å². The molecule has 0 bridgehead atoms. The van der Waals surface area contributed by atoms with Gasteiger partial charge in [-0.25, -0.2) is 0 Å². The Bertz CT molecular complexity index is 619. The standard InChI is InChI=1S/C19H22O5/c20-10-16(21)11-22-17-5-1-14(2-6-17)9-15-3-7-18(8-4-15)23-12-19-13-24-19/h1-8,16,19-21H,9-13H2. The van der Waals surface area contributed by atoms with Gasteiger partial charge in [0.1, 0.15) is 36.9 Å². The summed E-state index contributed by atoms with van der Waals surface area (Å²) in [6.45, 7) is 1.21. The van der Waals surface area contributed by atoms with Crippen LogP contribution < -0.4 is 9.47 Å². The van der Waals surface area contributed by atoms with E-state index in [0.717, 1.165) is 18.8 Å². The van der Waals surface area contributed by atoms with Crippen LogP contribution >= 0.6 is 0 Å². The zero-order chi connectivity index (χ0) is 16.8. The van der Waals surface area contributed by atoms with Crippen molar-refractivity contribution < 1.29 is 24.4 Å². The van der Waals surface area contributed by atoms with Crippen molar-refractivity contribution in [3.63, 3.8) is 0 Å². The average molecular weight is 330 g/mol. The Morgan fingerprint density at radius 1 is 0.958 bits per heavy atom. The highest BCUT2D eigenvalue weighted by molar-refractivity contribution is 5.34. The highest BCUT2D eigenvalue weighted by atomic mass is 16.6. The summed E-state index contributed by atoms with van der Waals surface area (Å²) in [4.78, 5) is 0. The highest BCUT2D eigenvalue weighted by Crippen LogP contribution is 2.19. The van der Waals surface area contributed by atoms with Gasteiger partial charge < -0.3 is 24.4 Å². The summed E-state index contributed by atoms with van der Waals surface area (Å²) < 4.78 is 16.1. The van der Waals surface area contributed by atoms with Gasteiger partial charge in [0.05, 0.1) is 13.2 Å². The molecule has 0 aromatic heterocycles. The van der Waals surface area contributed by atoms with Gasteiger partial charge >= 0.3 is 0 Å². The second-order valence-corrected chi connectivity index (χ2v) is 5.88. The Labute approximate surface area is 141 Å². The molecule has 2 N–H and O–H groups in total. The van der Waals surface area contributed by atoms with Gasteiger partial charge in [0.25, 0.3) is 0 Å². The molecule has 5 heteroatoms. The molecular formula is C19H22O5. The van der Waals surface area contributed by atoms with Crippen molar-refractivity contribution in [1.29, 1.82) is 0 Å². The molecule has 2 aromatic carbocycles. The van der Waals surface area contributed by atoms with E-state index in [1.807, 2.05) is 36.4 Å². The molecule has 0 amide bonds. The number of epoxide rings is 1. The molecule has 24 heavy (non-hydrogen) atoms. The quantitative estimate of drug-likeness (QED) is 0.686. The second-order valence-electron chi connectivity index (χ2n) is 5.88. The van der Waals surface area contributed by atoms with Crippen molar-refractivity contribution in [3.8, 4) is 11.5 Å². The first-order valence-electron chi connectivity index (χ1n) is 8.07. The molecular weight excluding hydrogens is 308 g/mol. The minimum atomic E-state index is -0.850. The Hall–Kier alpha value is -2.08. The van der Waals surface area contributed by atoms with E-state index in [9.17, 15) is 5.11 Å². The topological polar surface area (TPSA) is 71.5 Å². The fourth-order valence-electron chi connectivity index (χ4n) is 2.24. The number of rotatable bonds is 9. The van der Waals surface area contributed by atoms with Gasteiger partial charge in [-0.1, -0.05) is 24.3 Å². The normalized spacial score (nSPS) is 17.3. The summed E-state index contributed by atoms with van der Waals surface area (Å²) >= 11 is 0. The van der Waals surface area contributed by atoms with Crippen LogP contribution in [-0.2, 0) is 11.2 Å². The van der Waals surface area contributed by atoms with Gasteiger partial charge in [0, 0.05) is 0 Å². The lowest BCUT2D eigenvalue weighted by atomic mass is 10.0. The number of benzene rings is 2. The van der Waals surface area contributed by atoms with E-state index < -0.39 is 6.10 Å². The van der Waals surface area contributed by atoms with Crippen LogP contribution in [0.3, 0.4) is 0 Å². The molecule has 5 nitrogen and oxygen atoms in total. The van der Waals surface area contributed by atoms with E-state index in [2.05, 4.69) is 12.1 Å². The van der Waals surface area contributed by atoms with Crippen LogP contribution in [0.5, 0.6) is 11.5 Å². The van der Waals surface area contributed by atoms with E-state index >= 15 is 0 Å².